The summed E-state index contributed by atoms with van der Waals surface area (Å²) in [4.78, 5) is 3.98. The molecule has 0 atom stereocenters. The van der Waals surface area contributed by atoms with Gasteiger partial charge in [-0.15, -0.1) is 23.2 Å². The maximum atomic E-state index is 5.74. The first-order valence-corrected chi connectivity index (χ1v) is 5.21. The molecule has 1 heterocycles. The van der Waals surface area contributed by atoms with Crippen LogP contribution >= 0.6 is 34.7 Å². The van der Waals surface area contributed by atoms with Crippen LogP contribution in [0.3, 0.4) is 0 Å². The van der Waals surface area contributed by atoms with Gasteiger partial charge in [0.1, 0.15) is 6.33 Å². The smallest absolute Gasteiger partial charge is 0.202 e. The number of aromatic nitrogens is 2. The molecule has 0 fully saturated rings. The monoisotopic (exact) mass is 225 g/mol. The largest absolute Gasteiger partial charge is 0.353 e. The van der Waals surface area contributed by atoms with E-state index in [1.54, 1.807) is 0 Å². The molecule has 3 nitrogen and oxygen atoms in total. The molecule has 0 amide bonds. The fraction of sp³-hybridized carbons (Fsp3) is 0.667. The van der Waals surface area contributed by atoms with E-state index in [4.69, 9.17) is 23.2 Å². The lowest BCUT2D eigenvalue weighted by Crippen LogP contribution is -2.38. The number of anilines is 1. The average Bonchev–Trinajstić information content (AvgIpc) is 2.57. The second kappa shape index (κ2) is 4.25. The Morgan fingerprint density at radius 2 is 2.25 bits per heavy atom. The van der Waals surface area contributed by atoms with Crippen LogP contribution in [0, 0.1) is 0 Å². The van der Waals surface area contributed by atoms with Gasteiger partial charge in [0.25, 0.3) is 0 Å². The third-order valence-corrected chi connectivity index (χ3v) is 3.12. The third-order valence-electron chi connectivity index (χ3n) is 1.36. The molecule has 1 aromatic rings. The summed E-state index contributed by atoms with van der Waals surface area (Å²) in [5.74, 6) is 0.881. The number of halogens is 2. The average molecular weight is 226 g/mol. The molecule has 0 aromatic carbocycles. The SMILES string of the molecule is CC(CCl)(CCl)Nc1ncns1. The second-order valence-corrected chi connectivity index (χ2v) is 4.01. The van der Waals surface area contributed by atoms with Crippen LogP contribution in [0.15, 0.2) is 6.33 Å². The predicted molar refractivity (Wildman–Crippen MR) is 53.4 cm³/mol. The van der Waals surface area contributed by atoms with Crippen molar-refractivity contribution in [1.82, 2.24) is 9.36 Å². The van der Waals surface area contributed by atoms with Crippen LogP contribution < -0.4 is 5.32 Å². The van der Waals surface area contributed by atoms with E-state index < -0.39 is 0 Å². The fourth-order valence-corrected chi connectivity index (χ4v) is 1.59. The van der Waals surface area contributed by atoms with Crippen LogP contribution in [-0.4, -0.2) is 26.7 Å². The minimum absolute atomic E-state index is 0.303. The number of nitrogens with zero attached hydrogens (tertiary/aromatic N) is 2. The summed E-state index contributed by atoms with van der Waals surface area (Å²) in [6, 6.07) is 0. The highest BCUT2D eigenvalue weighted by Gasteiger charge is 2.22. The number of hydrogen-bond acceptors (Lipinski definition) is 4. The number of rotatable bonds is 4. The molecule has 0 saturated heterocycles. The van der Waals surface area contributed by atoms with E-state index in [0.29, 0.717) is 11.8 Å². The molecule has 1 aromatic heterocycles. The molecule has 0 aliphatic heterocycles. The number of hydrogen-bond donors (Lipinski definition) is 1. The molecule has 0 aliphatic rings. The highest BCUT2D eigenvalue weighted by atomic mass is 35.5. The van der Waals surface area contributed by atoms with Crippen LogP contribution in [0.4, 0.5) is 5.13 Å². The van der Waals surface area contributed by atoms with Gasteiger partial charge in [-0.25, -0.2) is 4.98 Å². The van der Waals surface area contributed by atoms with Gasteiger partial charge in [-0.05, 0) is 6.92 Å². The van der Waals surface area contributed by atoms with E-state index in [2.05, 4.69) is 14.7 Å². The summed E-state index contributed by atoms with van der Waals surface area (Å²) >= 11 is 12.8. The molecule has 0 saturated carbocycles. The standard InChI is InChI=1S/C6H9Cl2N3S/c1-6(2-7,3-8)11-5-9-4-10-12-5/h4H,2-3H2,1H3,(H,9,10,11). The van der Waals surface area contributed by atoms with Crippen LogP contribution in [0.1, 0.15) is 6.92 Å². The molecule has 6 heteroatoms. The predicted octanol–water partition coefficient (Wildman–Crippen LogP) is 2.19. The summed E-state index contributed by atoms with van der Waals surface area (Å²) in [6.45, 7) is 1.94. The van der Waals surface area contributed by atoms with E-state index in [0.717, 1.165) is 5.13 Å². The van der Waals surface area contributed by atoms with Gasteiger partial charge < -0.3 is 5.32 Å². The fourth-order valence-electron chi connectivity index (χ4n) is 0.589. The molecular formula is C6H9Cl2N3S. The molecule has 1 rings (SSSR count). The third kappa shape index (κ3) is 2.47. The summed E-state index contributed by atoms with van der Waals surface area (Å²) in [5, 5.41) is 3.86. The summed E-state index contributed by atoms with van der Waals surface area (Å²) in [7, 11) is 0. The first kappa shape index (κ1) is 10.0. The van der Waals surface area contributed by atoms with Gasteiger partial charge in [-0.3, -0.25) is 0 Å². The molecule has 68 valence electrons. The maximum Gasteiger partial charge on any atom is 0.202 e. The Kier molecular flexibility index (Phi) is 3.55. The van der Waals surface area contributed by atoms with Crippen molar-refractivity contribution < 1.29 is 0 Å². The summed E-state index contributed by atoms with van der Waals surface area (Å²) in [6.07, 6.45) is 1.50. The molecule has 0 bridgehead atoms. The zero-order chi connectivity index (χ0) is 9.03. The second-order valence-electron chi connectivity index (χ2n) is 2.70. The van der Waals surface area contributed by atoms with E-state index in [9.17, 15) is 0 Å². The Bertz CT molecular complexity index is 223. The molecule has 12 heavy (non-hydrogen) atoms. The lowest BCUT2D eigenvalue weighted by Gasteiger charge is -2.24. The van der Waals surface area contributed by atoms with E-state index in [1.807, 2.05) is 6.92 Å². The van der Waals surface area contributed by atoms with Crippen molar-refractivity contribution in [3.8, 4) is 0 Å². The summed E-state index contributed by atoms with van der Waals surface area (Å²) < 4.78 is 3.86. The molecule has 0 radical (unpaired) electrons. The molecule has 0 spiro atoms. The van der Waals surface area contributed by atoms with Gasteiger partial charge in [0, 0.05) is 23.3 Å². The minimum atomic E-state index is -0.303. The zero-order valence-electron chi connectivity index (χ0n) is 6.55. The maximum absolute atomic E-state index is 5.74. The molecule has 0 aliphatic carbocycles. The Labute approximate surface area is 85.3 Å². The highest BCUT2D eigenvalue weighted by Crippen LogP contribution is 2.18. The topological polar surface area (TPSA) is 37.8 Å². The van der Waals surface area contributed by atoms with Crippen molar-refractivity contribution in [2.45, 2.75) is 12.5 Å². The van der Waals surface area contributed by atoms with Gasteiger partial charge in [0.15, 0.2) is 0 Å². The van der Waals surface area contributed by atoms with Crippen molar-refractivity contribution in [3.05, 3.63) is 6.33 Å². The zero-order valence-corrected chi connectivity index (χ0v) is 8.88. The van der Waals surface area contributed by atoms with Crippen molar-refractivity contribution in [3.63, 3.8) is 0 Å². The minimum Gasteiger partial charge on any atom is -0.353 e. The first-order valence-electron chi connectivity index (χ1n) is 3.37. The van der Waals surface area contributed by atoms with Crippen molar-refractivity contribution in [1.29, 1.82) is 0 Å². The van der Waals surface area contributed by atoms with Crippen LogP contribution in [0.5, 0.6) is 0 Å². The molecule has 1 N–H and O–H groups in total. The Morgan fingerprint density at radius 1 is 1.58 bits per heavy atom. The Hall–Kier alpha value is -0.0600. The van der Waals surface area contributed by atoms with Crippen molar-refractivity contribution >= 4 is 39.9 Å². The van der Waals surface area contributed by atoms with Crippen molar-refractivity contribution in [2.24, 2.45) is 0 Å². The van der Waals surface area contributed by atoms with Gasteiger partial charge in [0.2, 0.25) is 5.13 Å². The van der Waals surface area contributed by atoms with Gasteiger partial charge in [0.05, 0.1) is 5.54 Å². The highest BCUT2D eigenvalue weighted by molar-refractivity contribution is 7.09. The lowest BCUT2D eigenvalue weighted by molar-refractivity contribution is 0.648. The van der Waals surface area contributed by atoms with E-state index in [-0.39, 0.29) is 5.54 Å². The first-order chi connectivity index (χ1) is 5.70. The molecule has 0 unspecified atom stereocenters. The van der Waals surface area contributed by atoms with Gasteiger partial charge in [-0.1, -0.05) is 0 Å². The normalized spacial score (nSPS) is 11.6. The van der Waals surface area contributed by atoms with Gasteiger partial charge in [-0.2, -0.15) is 4.37 Å². The Balaban J connectivity index is 2.60. The quantitative estimate of drug-likeness (QED) is 0.799. The van der Waals surface area contributed by atoms with Gasteiger partial charge >= 0.3 is 0 Å². The summed E-state index contributed by atoms with van der Waals surface area (Å²) in [5.41, 5.74) is -0.303. The van der Waals surface area contributed by atoms with Crippen LogP contribution in [0.2, 0.25) is 0 Å². The number of alkyl halides is 2. The van der Waals surface area contributed by atoms with E-state index >= 15 is 0 Å². The lowest BCUT2D eigenvalue weighted by atomic mass is 10.1. The molecular weight excluding hydrogens is 217 g/mol. The Morgan fingerprint density at radius 3 is 2.67 bits per heavy atom. The number of nitrogens with one attached hydrogen (secondary N) is 1. The van der Waals surface area contributed by atoms with Crippen molar-refractivity contribution in [2.75, 3.05) is 17.1 Å². The van der Waals surface area contributed by atoms with Crippen LogP contribution in [-0.2, 0) is 0 Å². The van der Waals surface area contributed by atoms with E-state index in [1.165, 1.54) is 17.9 Å². The van der Waals surface area contributed by atoms with Crippen LogP contribution in [0.25, 0.3) is 0 Å².